The number of terminal acetylenes is 1. The maximum Gasteiger partial charge on any atom is 0.137 e. The fourth-order valence-corrected chi connectivity index (χ4v) is 1.91. The molecule has 0 aliphatic rings. The molecule has 1 aromatic carbocycles. The Bertz CT molecular complexity index is 683. The van der Waals surface area contributed by atoms with Crippen LogP contribution in [0.5, 0.6) is 0 Å². The largest absolute Gasteiger partial charge is 0.320 e. The van der Waals surface area contributed by atoms with Gasteiger partial charge in [-0.25, -0.2) is 4.52 Å². The van der Waals surface area contributed by atoms with Gasteiger partial charge in [-0.3, -0.25) is 0 Å². The van der Waals surface area contributed by atoms with Gasteiger partial charge in [0.15, 0.2) is 0 Å². The molecule has 0 aliphatic heterocycles. The van der Waals surface area contributed by atoms with Crippen LogP contribution in [0.1, 0.15) is 0 Å². The summed E-state index contributed by atoms with van der Waals surface area (Å²) >= 11 is 0. The predicted molar refractivity (Wildman–Crippen MR) is 67.5 cm³/mol. The van der Waals surface area contributed by atoms with Gasteiger partial charge >= 0.3 is 0 Å². The summed E-state index contributed by atoms with van der Waals surface area (Å²) in [4.78, 5) is 0. The zero-order valence-corrected chi connectivity index (χ0v) is 9.24. The summed E-state index contributed by atoms with van der Waals surface area (Å²) < 4.78 is 3.85. The standard InChI is InChI=1S/C14H11N3/c1-2-8-16-9-10-17-14(16)11-13(15-17)12-6-4-3-5-7-12/h1,3-7,9-11H,8H2. The van der Waals surface area contributed by atoms with E-state index >= 15 is 0 Å². The van der Waals surface area contributed by atoms with Gasteiger partial charge in [-0.15, -0.1) is 6.42 Å². The summed E-state index contributed by atoms with van der Waals surface area (Å²) in [6, 6.07) is 12.2. The maximum atomic E-state index is 5.33. The molecule has 2 aromatic heterocycles. The highest BCUT2D eigenvalue weighted by Crippen LogP contribution is 2.19. The van der Waals surface area contributed by atoms with Gasteiger partial charge in [-0.2, -0.15) is 5.10 Å². The van der Waals surface area contributed by atoms with Gasteiger partial charge in [-0.05, 0) is 0 Å². The summed E-state index contributed by atoms with van der Waals surface area (Å²) in [5, 5.41) is 4.51. The first kappa shape index (κ1) is 9.73. The van der Waals surface area contributed by atoms with Crippen LogP contribution in [-0.2, 0) is 6.54 Å². The first-order valence-corrected chi connectivity index (χ1v) is 5.42. The highest BCUT2D eigenvalue weighted by molar-refractivity contribution is 5.64. The second-order valence-electron chi connectivity index (χ2n) is 3.83. The summed E-state index contributed by atoms with van der Waals surface area (Å²) in [6.07, 6.45) is 9.19. The Morgan fingerprint density at radius 1 is 1.18 bits per heavy atom. The van der Waals surface area contributed by atoms with Gasteiger partial charge in [0.05, 0.1) is 12.2 Å². The fourth-order valence-electron chi connectivity index (χ4n) is 1.91. The van der Waals surface area contributed by atoms with Crippen LogP contribution >= 0.6 is 0 Å². The normalized spacial score (nSPS) is 10.5. The molecule has 3 aromatic rings. The SMILES string of the molecule is C#CCn1ccn2nc(-c3ccccc3)cc12. The van der Waals surface area contributed by atoms with Crippen molar-refractivity contribution in [1.82, 2.24) is 14.2 Å². The van der Waals surface area contributed by atoms with Crippen molar-refractivity contribution >= 4 is 5.65 Å². The second-order valence-corrected chi connectivity index (χ2v) is 3.83. The van der Waals surface area contributed by atoms with Crippen LogP contribution in [-0.4, -0.2) is 14.2 Å². The lowest BCUT2D eigenvalue weighted by Crippen LogP contribution is -1.92. The molecule has 82 valence electrons. The van der Waals surface area contributed by atoms with Crippen molar-refractivity contribution in [2.75, 3.05) is 0 Å². The number of aromatic nitrogens is 3. The zero-order valence-electron chi connectivity index (χ0n) is 9.24. The highest BCUT2D eigenvalue weighted by Gasteiger charge is 2.06. The van der Waals surface area contributed by atoms with E-state index in [1.807, 2.05) is 57.9 Å². The third-order valence-corrected chi connectivity index (χ3v) is 2.73. The molecule has 3 heteroatoms. The smallest absolute Gasteiger partial charge is 0.137 e. The molecule has 0 atom stereocenters. The Morgan fingerprint density at radius 2 is 2.00 bits per heavy atom. The van der Waals surface area contributed by atoms with E-state index in [4.69, 9.17) is 6.42 Å². The number of rotatable bonds is 2. The first-order chi connectivity index (χ1) is 8.38. The van der Waals surface area contributed by atoms with E-state index in [1.54, 1.807) is 0 Å². The van der Waals surface area contributed by atoms with Crippen molar-refractivity contribution in [2.45, 2.75) is 6.54 Å². The number of imidazole rings is 1. The highest BCUT2D eigenvalue weighted by atomic mass is 15.3. The van der Waals surface area contributed by atoms with Crippen molar-refractivity contribution in [2.24, 2.45) is 0 Å². The van der Waals surface area contributed by atoms with Crippen molar-refractivity contribution in [3.05, 3.63) is 48.8 Å². The molecule has 0 N–H and O–H groups in total. The van der Waals surface area contributed by atoms with Crippen LogP contribution in [0.25, 0.3) is 16.9 Å². The van der Waals surface area contributed by atoms with E-state index in [1.165, 1.54) is 0 Å². The van der Waals surface area contributed by atoms with E-state index in [2.05, 4.69) is 11.0 Å². The number of nitrogens with zero attached hydrogens (tertiary/aromatic N) is 3. The number of hydrogen-bond donors (Lipinski definition) is 0. The lowest BCUT2D eigenvalue weighted by Gasteiger charge is -1.94. The van der Waals surface area contributed by atoms with Gasteiger partial charge in [-0.1, -0.05) is 36.3 Å². The molecule has 0 saturated heterocycles. The maximum absolute atomic E-state index is 5.33. The van der Waals surface area contributed by atoms with E-state index in [0.717, 1.165) is 16.9 Å². The molecule has 0 spiro atoms. The Morgan fingerprint density at radius 3 is 2.76 bits per heavy atom. The van der Waals surface area contributed by atoms with Gasteiger partial charge in [0, 0.05) is 24.0 Å². The van der Waals surface area contributed by atoms with Crippen molar-refractivity contribution < 1.29 is 0 Å². The van der Waals surface area contributed by atoms with Crippen LogP contribution in [0.3, 0.4) is 0 Å². The fraction of sp³-hybridized carbons (Fsp3) is 0.0714. The predicted octanol–water partition coefficient (Wildman–Crippen LogP) is 2.44. The van der Waals surface area contributed by atoms with E-state index in [0.29, 0.717) is 6.54 Å². The molecule has 3 nitrogen and oxygen atoms in total. The molecule has 0 fully saturated rings. The van der Waals surface area contributed by atoms with Gasteiger partial charge < -0.3 is 4.57 Å². The average molecular weight is 221 g/mol. The zero-order chi connectivity index (χ0) is 11.7. The molecule has 0 unspecified atom stereocenters. The first-order valence-electron chi connectivity index (χ1n) is 5.42. The quantitative estimate of drug-likeness (QED) is 0.609. The average Bonchev–Trinajstić information content (AvgIpc) is 2.93. The van der Waals surface area contributed by atoms with Crippen molar-refractivity contribution in [3.63, 3.8) is 0 Å². The van der Waals surface area contributed by atoms with Gasteiger partial charge in [0.2, 0.25) is 0 Å². The molecule has 0 aliphatic carbocycles. The minimum absolute atomic E-state index is 0.566. The topological polar surface area (TPSA) is 22.2 Å². The van der Waals surface area contributed by atoms with Crippen LogP contribution in [0.2, 0.25) is 0 Å². The Hall–Kier alpha value is -2.47. The van der Waals surface area contributed by atoms with Crippen LogP contribution in [0.15, 0.2) is 48.8 Å². The number of benzene rings is 1. The molecular weight excluding hydrogens is 210 g/mol. The van der Waals surface area contributed by atoms with Crippen molar-refractivity contribution in [3.8, 4) is 23.6 Å². The van der Waals surface area contributed by atoms with Crippen LogP contribution in [0.4, 0.5) is 0 Å². The lowest BCUT2D eigenvalue weighted by molar-refractivity contribution is 0.869. The third-order valence-electron chi connectivity index (χ3n) is 2.73. The van der Waals surface area contributed by atoms with Crippen LogP contribution < -0.4 is 0 Å². The summed E-state index contributed by atoms with van der Waals surface area (Å²) in [5.74, 6) is 2.63. The minimum Gasteiger partial charge on any atom is -0.320 e. The Labute approximate surface area is 99.3 Å². The Kier molecular flexibility index (Phi) is 2.20. The molecule has 0 amide bonds. The molecule has 0 saturated carbocycles. The van der Waals surface area contributed by atoms with Gasteiger partial charge in [0.1, 0.15) is 5.65 Å². The lowest BCUT2D eigenvalue weighted by atomic mass is 10.2. The monoisotopic (exact) mass is 221 g/mol. The van der Waals surface area contributed by atoms with Crippen molar-refractivity contribution in [1.29, 1.82) is 0 Å². The van der Waals surface area contributed by atoms with E-state index in [9.17, 15) is 0 Å². The Balaban J connectivity index is 2.12. The third kappa shape index (κ3) is 1.60. The summed E-state index contributed by atoms with van der Waals surface area (Å²) in [5.41, 5.74) is 3.09. The number of hydrogen-bond acceptors (Lipinski definition) is 1. The summed E-state index contributed by atoms with van der Waals surface area (Å²) in [6.45, 7) is 0.566. The molecule has 2 heterocycles. The van der Waals surface area contributed by atoms with E-state index < -0.39 is 0 Å². The molecular formula is C14H11N3. The molecule has 17 heavy (non-hydrogen) atoms. The molecule has 0 bridgehead atoms. The molecule has 0 radical (unpaired) electrons. The number of fused-ring (bicyclic) bond motifs is 1. The molecule has 3 rings (SSSR count). The summed E-state index contributed by atoms with van der Waals surface area (Å²) in [7, 11) is 0. The van der Waals surface area contributed by atoms with E-state index in [-0.39, 0.29) is 0 Å². The van der Waals surface area contributed by atoms with Gasteiger partial charge in [0.25, 0.3) is 0 Å². The second kappa shape index (κ2) is 3.84. The van der Waals surface area contributed by atoms with Crippen LogP contribution in [0, 0.1) is 12.3 Å². The minimum atomic E-state index is 0.566.